The van der Waals surface area contributed by atoms with E-state index in [1.807, 2.05) is 19.9 Å². The van der Waals surface area contributed by atoms with Gasteiger partial charge in [-0.2, -0.15) is 0 Å². The van der Waals surface area contributed by atoms with Crippen LogP contribution in [0.2, 0.25) is 10.0 Å². The summed E-state index contributed by atoms with van der Waals surface area (Å²) < 4.78 is 0. The van der Waals surface area contributed by atoms with Gasteiger partial charge in [-0.3, -0.25) is 4.79 Å². The third-order valence-electron chi connectivity index (χ3n) is 2.62. The van der Waals surface area contributed by atoms with E-state index in [0.29, 0.717) is 27.0 Å². The quantitative estimate of drug-likeness (QED) is 0.801. The molecule has 0 saturated carbocycles. The fourth-order valence-electron chi connectivity index (χ4n) is 1.71. The summed E-state index contributed by atoms with van der Waals surface area (Å²) in [6, 6.07) is 5.01. The number of carbonyl (C=O) groups is 1. The first-order valence-electron chi connectivity index (χ1n) is 5.51. The lowest BCUT2D eigenvalue weighted by Crippen LogP contribution is -2.12. The van der Waals surface area contributed by atoms with Gasteiger partial charge in [0.05, 0.1) is 21.3 Å². The van der Waals surface area contributed by atoms with E-state index >= 15 is 0 Å². The summed E-state index contributed by atoms with van der Waals surface area (Å²) in [5.74, 6) is -0.182. The topological polar surface area (TPSA) is 55.1 Å². The zero-order valence-corrected chi connectivity index (χ0v) is 12.7. The number of carbonyl (C=O) groups excluding carboxylic acids is 1. The molecule has 3 N–H and O–H groups in total. The van der Waals surface area contributed by atoms with Gasteiger partial charge in [-0.1, -0.05) is 23.2 Å². The molecule has 0 spiro atoms. The van der Waals surface area contributed by atoms with Crippen LogP contribution in [0.5, 0.6) is 0 Å². The molecule has 0 aliphatic carbocycles. The number of nitrogens with two attached hydrogens (primary N) is 1. The molecule has 2 aromatic rings. The van der Waals surface area contributed by atoms with Gasteiger partial charge in [-0.25, -0.2) is 0 Å². The number of nitrogen functional groups attached to an aromatic ring is 1. The zero-order valence-electron chi connectivity index (χ0n) is 10.4. The molecule has 0 fully saturated rings. The van der Waals surface area contributed by atoms with Crippen LogP contribution < -0.4 is 11.1 Å². The van der Waals surface area contributed by atoms with Crippen molar-refractivity contribution in [2.75, 3.05) is 11.1 Å². The van der Waals surface area contributed by atoms with Crippen molar-refractivity contribution in [3.63, 3.8) is 0 Å². The summed E-state index contributed by atoms with van der Waals surface area (Å²) in [6.07, 6.45) is 0. The Labute approximate surface area is 125 Å². The van der Waals surface area contributed by atoms with Crippen molar-refractivity contribution in [3.8, 4) is 0 Å². The van der Waals surface area contributed by atoms with Crippen LogP contribution in [-0.2, 0) is 0 Å². The zero-order chi connectivity index (χ0) is 14.2. The predicted octanol–water partition coefficient (Wildman–Crippen LogP) is 4.51. The molecular weight excluding hydrogens is 303 g/mol. The summed E-state index contributed by atoms with van der Waals surface area (Å²) in [5.41, 5.74) is 7.14. The summed E-state index contributed by atoms with van der Waals surface area (Å²) in [4.78, 5) is 14.2. The number of nitrogens with one attached hydrogen (secondary N) is 1. The van der Waals surface area contributed by atoms with Gasteiger partial charge in [-0.05, 0) is 32.0 Å². The van der Waals surface area contributed by atoms with Gasteiger partial charge >= 0.3 is 0 Å². The normalized spacial score (nSPS) is 10.5. The van der Waals surface area contributed by atoms with Gasteiger partial charge in [0.1, 0.15) is 0 Å². The average molecular weight is 315 g/mol. The average Bonchev–Trinajstić information content (AvgIpc) is 2.65. The van der Waals surface area contributed by atoms with Crippen LogP contribution in [-0.4, -0.2) is 5.91 Å². The fraction of sp³-hybridized carbons (Fsp3) is 0.154. The van der Waals surface area contributed by atoms with E-state index in [1.165, 1.54) is 0 Å². The van der Waals surface area contributed by atoms with Crippen molar-refractivity contribution in [2.45, 2.75) is 13.8 Å². The Kier molecular flexibility index (Phi) is 4.04. The van der Waals surface area contributed by atoms with Gasteiger partial charge in [0.25, 0.3) is 5.91 Å². The van der Waals surface area contributed by atoms with Crippen molar-refractivity contribution in [1.29, 1.82) is 0 Å². The maximum absolute atomic E-state index is 12.1. The van der Waals surface area contributed by atoms with Crippen LogP contribution in [0, 0.1) is 13.8 Å². The van der Waals surface area contributed by atoms with E-state index in [4.69, 9.17) is 28.9 Å². The van der Waals surface area contributed by atoms with Crippen LogP contribution >= 0.6 is 34.5 Å². The summed E-state index contributed by atoms with van der Waals surface area (Å²) in [5, 5.41) is 3.41. The first-order chi connectivity index (χ1) is 8.88. The van der Waals surface area contributed by atoms with Crippen LogP contribution in [0.1, 0.15) is 20.1 Å². The Morgan fingerprint density at radius 3 is 2.26 bits per heavy atom. The standard InChI is InChI=1S/C13H12Cl2N2OS/c1-6-3-9(7(2)19-6)13(18)17-8-4-10(14)12(16)11(15)5-8/h3-5H,16H2,1-2H3,(H,17,18). The molecule has 2 rings (SSSR count). The molecule has 100 valence electrons. The van der Waals surface area contributed by atoms with Crippen molar-refractivity contribution >= 4 is 51.8 Å². The maximum Gasteiger partial charge on any atom is 0.256 e. The van der Waals surface area contributed by atoms with E-state index in [2.05, 4.69) is 5.32 Å². The minimum atomic E-state index is -0.182. The maximum atomic E-state index is 12.1. The molecule has 19 heavy (non-hydrogen) atoms. The monoisotopic (exact) mass is 314 g/mol. The van der Waals surface area contributed by atoms with Crippen molar-refractivity contribution in [2.24, 2.45) is 0 Å². The number of benzene rings is 1. The molecule has 0 unspecified atom stereocenters. The highest BCUT2D eigenvalue weighted by atomic mass is 35.5. The number of aryl methyl sites for hydroxylation is 2. The van der Waals surface area contributed by atoms with Crippen LogP contribution in [0.25, 0.3) is 0 Å². The third-order valence-corrected chi connectivity index (χ3v) is 4.21. The second-order valence-electron chi connectivity index (χ2n) is 4.13. The fourth-order valence-corrected chi connectivity index (χ4v) is 3.12. The molecule has 0 radical (unpaired) electrons. The summed E-state index contributed by atoms with van der Waals surface area (Å²) in [6.45, 7) is 3.88. The smallest absolute Gasteiger partial charge is 0.256 e. The third kappa shape index (κ3) is 3.03. The van der Waals surface area contributed by atoms with Crippen LogP contribution in [0.15, 0.2) is 18.2 Å². The van der Waals surface area contributed by atoms with E-state index in [-0.39, 0.29) is 5.91 Å². The number of thiophene rings is 1. The van der Waals surface area contributed by atoms with Crippen molar-refractivity contribution < 1.29 is 4.79 Å². The van der Waals surface area contributed by atoms with Crippen molar-refractivity contribution in [3.05, 3.63) is 43.6 Å². The number of rotatable bonds is 2. The molecule has 0 saturated heterocycles. The molecule has 0 aliphatic heterocycles. The number of halogens is 2. The van der Waals surface area contributed by atoms with Crippen molar-refractivity contribution in [1.82, 2.24) is 0 Å². The summed E-state index contributed by atoms with van der Waals surface area (Å²) in [7, 11) is 0. The van der Waals surface area contributed by atoms with Gasteiger partial charge in [0.2, 0.25) is 0 Å². The molecule has 0 atom stereocenters. The largest absolute Gasteiger partial charge is 0.396 e. The Morgan fingerprint density at radius 1 is 1.21 bits per heavy atom. The van der Waals surface area contributed by atoms with E-state index in [9.17, 15) is 4.79 Å². The second kappa shape index (κ2) is 5.41. The Hall–Kier alpha value is -1.23. The SMILES string of the molecule is Cc1cc(C(=O)Nc2cc(Cl)c(N)c(Cl)c2)c(C)s1. The van der Waals surface area contributed by atoms with Crippen LogP contribution in [0.4, 0.5) is 11.4 Å². The highest BCUT2D eigenvalue weighted by Crippen LogP contribution is 2.31. The Morgan fingerprint density at radius 2 is 1.79 bits per heavy atom. The lowest BCUT2D eigenvalue weighted by Gasteiger charge is -2.08. The Bertz CT molecular complexity index is 629. The van der Waals surface area contributed by atoms with E-state index < -0.39 is 0 Å². The molecule has 0 bridgehead atoms. The molecule has 3 nitrogen and oxygen atoms in total. The first kappa shape index (κ1) is 14.2. The highest BCUT2D eigenvalue weighted by molar-refractivity contribution is 7.12. The lowest BCUT2D eigenvalue weighted by molar-refractivity contribution is 0.102. The number of anilines is 2. The second-order valence-corrected chi connectivity index (χ2v) is 6.41. The molecule has 1 aromatic heterocycles. The van der Waals surface area contributed by atoms with Crippen LogP contribution in [0.3, 0.4) is 0 Å². The molecule has 0 aliphatic rings. The number of hydrogen-bond donors (Lipinski definition) is 2. The molecule has 6 heteroatoms. The number of hydrogen-bond acceptors (Lipinski definition) is 3. The van der Waals surface area contributed by atoms with E-state index in [1.54, 1.807) is 23.5 Å². The molecular formula is C13H12Cl2N2OS. The minimum Gasteiger partial charge on any atom is -0.396 e. The molecule has 1 heterocycles. The van der Waals surface area contributed by atoms with E-state index in [0.717, 1.165) is 9.75 Å². The number of amides is 1. The molecule has 1 aromatic carbocycles. The van der Waals surface area contributed by atoms with Gasteiger partial charge in [-0.15, -0.1) is 11.3 Å². The Balaban J connectivity index is 2.27. The lowest BCUT2D eigenvalue weighted by atomic mass is 10.2. The summed E-state index contributed by atoms with van der Waals surface area (Å²) >= 11 is 13.4. The predicted molar refractivity (Wildman–Crippen MR) is 82.6 cm³/mol. The first-order valence-corrected chi connectivity index (χ1v) is 7.08. The van der Waals surface area contributed by atoms with Gasteiger partial charge < -0.3 is 11.1 Å². The minimum absolute atomic E-state index is 0.182. The molecule has 1 amide bonds. The highest BCUT2D eigenvalue weighted by Gasteiger charge is 2.13. The van der Waals surface area contributed by atoms with Gasteiger partial charge in [0.15, 0.2) is 0 Å². The van der Waals surface area contributed by atoms with Gasteiger partial charge in [0, 0.05) is 15.4 Å².